The number of hydrogen-bond acceptors (Lipinski definition) is 4. The molecule has 0 radical (unpaired) electrons. The molecule has 1 aromatic heterocycles. The summed E-state index contributed by atoms with van der Waals surface area (Å²) >= 11 is 0. The molecule has 0 aliphatic heterocycles. The van der Waals surface area contributed by atoms with Crippen LogP contribution in [-0.2, 0) is 6.42 Å². The molecule has 2 aliphatic rings. The van der Waals surface area contributed by atoms with E-state index in [1.54, 1.807) is 0 Å². The fraction of sp³-hybridized carbons (Fsp3) is 0.0536. The standard InChI is InChI=1S/C56H40N4/c1-5-17-38(18-6-1)39-29-31-45(32-30-39)60(44-24-11-4-12-25-44)46-36-43-35-42-23-13-14-26-47(42)53(43)52(37-46)50-33-34-51(49-28-16-15-27-48(49)50)56-58-54(40-19-7-2-8-20-40)57-55(59-56)41-21-9-3-10-22-41/h1-3,5-11,13-34,36-37H,4,12,35H2. The Labute approximate surface area is 350 Å². The van der Waals surface area contributed by atoms with Crippen LogP contribution in [0.1, 0.15) is 24.0 Å². The van der Waals surface area contributed by atoms with Gasteiger partial charge in [0, 0.05) is 33.8 Å². The zero-order valence-electron chi connectivity index (χ0n) is 33.0. The van der Waals surface area contributed by atoms with Crippen LogP contribution in [0, 0.1) is 0 Å². The fourth-order valence-corrected chi connectivity index (χ4v) is 8.91. The normalized spacial score (nSPS) is 12.8. The lowest BCUT2D eigenvalue weighted by molar-refractivity contribution is 0.997. The predicted octanol–water partition coefficient (Wildman–Crippen LogP) is 14.3. The van der Waals surface area contributed by atoms with Gasteiger partial charge in [0.25, 0.3) is 0 Å². The van der Waals surface area contributed by atoms with Gasteiger partial charge in [-0.2, -0.15) is 0 Å². The Morgan fingerprint density at radius 2 is 0.950 bits per heavy atom. The molecule has 284 valence electrons. The van der Waals surface area contributed by atoms with E-state index in [1.807, 2.05) is 36.4 Å². The first kappa shape index (κ1) is 35.5. The quantitative estimate of drug-likeness (QED) is 0.154. The van der Waals surface area contributed by atoms with Crippen LogP contribution in [0.3, 0.4) is 0 Å². The number of hydrogen-bond donors (Lipinski definition) is 0. The zero-order chi connectivity index (χ0) is 39.8. The summed E-state index contributed by atoms with van der Waals surface area (Å²) < 4.78 is 0. The molecular weight excluding hydrogens is 729 g/mol. The average molecular weight is 769 g/mol. The van der Waals surface area contributed by atoms with E-state index in [1.165, 1.54) is 50.2 Å². The molecule has 0 saturated heterocycles. The molecule has 11 rings (SSSR count). The molecule has 0 atom stereocenters. The molecule has 0 fully saturated rings. The monoisotopic (exact) mass is 768 g/mol. The minimum atomic E-state index is 0.649. The lowest BCUT2D eigenvalue weighted by Gasteiger charge is -2.29. The lowest BCUT2D eigenvalue weighted by Crippen LogP contribution is -2.16. The van der Waals surface area contributed by atoms with Gasteiger partial charge in [-0.3, -0.25) is 0 Å². The maximum Gasteiger partial charge on any atom is 0.164 e. The Bertz CT molecular complexity index is 3040. The Hall–Kier alpha value is -7.69. The first-order valence-electron chi connectivity index (χ1n) is 20.7. The third-order valence-corrected chi connectivity index (χ3v) is 11.8. The highest BCUT2D eigenvalue weighted by atomic mass is 15.1. The van der Waals surface area contributed by atoms with E-state index in [-0.39, 0.29) is 0 Å². The molecular formula is C56H40N4. The first-order valence-corrected chi connectivity index (χ1v) is 20.7. The van der Waals surface area contributed by atoms with E-state index in [9.17, 15) is 0 Å². The van der Waals surface area contributed by atoms with E-state index < -0.39 is 0 Å². The van der Waals surface area contributed by atoms with Crippen LogP contribution in [0.15, 0.2) is 212 Å². The Morgan fingerprint density at radius 1 is 0.383 bits per heavy atom. The van der Waals surface area contributed by atoms with E-state index in [0.717, 1.165) is 58.1 Å². The zero-order valence-corrected chi connectivity index (χ0v) is 33.0. The minimum Gasteiger partial charge on any atom is -0.311 e. The van der Waals surface area contributed by atoms with Crippen molar-refractivity contribution < 1.29 is 0 Å². The molecule has 0 saturated carbocycles. The molecule has 2 aliphatic carbocycles. The SMILES string of the molecule is C1=CC(N(c2ccc(-c3ccccc3)cc2)c2cc3c(c(-c4ccc(-c5nc(-c6ccccc6)nc(-c6ccccc6)n5)c5ccccc45)c2)-c2ccccc2C3)=CCC1. The molecule has 4 heteroatoms. The van der Waals surface area contributed by atoms with Crippen molar-refractivity contribution >= 4 is 22.1 Å². The van der Waals surface area contributed by atoms with Gasteiger partial charge in [0.15, 0.2) is 17.5 Å². The van der Waals surface area contributed by atoms with Gasteiger partial charge < -0.3 is 4.90 Å². The van der Waals surface area contributed by atoms with Crippen LogP contribution in [0.25, 0.3) is 78.3 Å². The van der Waals surface area contributed by atoms with Crippen LogP contribution in [0.2, 0.25) is 0 Å². The van der Waals surface area contributed by atoms with Gasteiger partial charge in [0.05, 0.1) is 0 Å². The number of anilines is 2. The molecule has 0 unspecified atom stereocenters. The van der Waals surface area contributed by atoms with Gasteiger partial charge in [-0.1, -0.05) is 170 Å². The fourth-order valence-electron chi connectivity index (χ4n) is 8.91. The van der Waals surface area contributed by atoms with Gasteiger partial charge in [-0.15, -0.1) is 0 Å². The average Bonchev–Trinajstić information content (AvgIpc) is 3.71. The first-order chi connectivity index (χ1) is 29.7. The molecule has 8 aromatic carbocycles. The van der Waals surface area contributed by atoms with Crippen LogP contribution < -0.4 is 4.90 Å². The summed E-state index contributed by atoms with van der Waals surface area (Å²) in [5.41, 5.74) is 16.4. The van der Waals surface area contributed by atoms with Crippen molar-refractivity contribution in [3.8, 4) is 67.5 Å². The van der Waals surface area contributed by atoms with Crippen LogP contribution >= 0.6 is 0 Å². The van der Waals surface area contributed by atoms with Gasteiger partial charge in [0.1, 0.15) is 0 Å². The van der Waals surface area contributed by atoms with Gasteiger partial charge in [0.2, 0.25) is 0 Å². The van der Waals surface area contributed by atoms with Crippen LogP contribution in [0.5, 0.6) is 0 Å². The third kappa shape index (κ3) is 6.49. The summed E-state index contributed by atoms with van der Waals surface area (Å²) in [7, 11) is 0. The second-order valence-electron chi connectivity index (χ2n) is 15.5. The van der Waals surface area contributed by atoms with Crippen molar-refractivity contribution in [2.45, 2.75) is 19.3 Å². The van der Waals surface area contributed by atoms with E-state index in [4.69, 9.17) is 15.0 Å². The molecule has 4 nitrogen and oxygen atoms in total. The van der Waals surface area contributed by atoms with E-state index in [2.05, 4.69) is 175 Å². The van der Waals surface area contributed by atoms with Crippen molar-refractivity contribution in [1.82, 2.24) is 15.0 Å². The number of fused-ring (bicyclic) bond motifs is 4. The van der Waals surface area contributed by atoms with E-state index in [0.29, 0.717) is 17.5 Å². The van der Waals surface area contributed by atoms with Crippen molar-refractivity contribution in [1.29, 1.82) is 0 Å². The summed E-state index contributed by atoms with van der Waals surface area (Å²) in [4.78, 5) is 17.7. The highest BCUT2D eigenvalue weighted by Gasteiger charge is 2.27. The molecule has 0 amide bonds. The van der Waals surface area contributed by atoms with Crippen molar-refractivity contribution in [2.24, 2.45) is 0 Å². The molecule has 0 bridgehead atoms. The van der Waals surface area contributed by atoms with Crippen molar-refractivity contribution in [3.63, 3.8) is 0 Å². The number of benzene rings is 8. The summed E-state index contributed by atoms with van der Waals surface area (Å²) in [5.74, 6) is 1.95. The second-order valence-corrected chi connectivity index (χ2v) is 15.5. The van der Waals surface area contributed by atoms with Crippen LogP contribution in [0.4, 0.5) is 11.4 Å². The predicted molar refractivity (Wildman–Crippen MR) is 248 cm³/mol. The highest BCUT2D eigenvalue weighted by molar-refractivity contribution is 6.08. The van der Waals surface area contributed by atoms with Crippen LogP contribution in [-0.4, -0.2) is 15.0 Å². The minimum absolute atomic E-state index is 0.649. The molecule has 1 heterocycles. The number of rotatable bonds is 8. The second kappa shape index (κ2) is 15.2. The number of nitrogens with zero attached hydrogens (tertiary/aromatic N) is 4. The highest BCUT2D eigenvalue weighted by Crippen LogP contribution is 2.49. The molecule has 0 spiro atoms. The summed E-state index contributed by atoms with van der Waals surface area (Å²) in [6, 6.07) is 66.9. The lowest BCUT2D eigenvalue weighted by atomic mass is 9.88. The van der Waals surface area contributed by atoms with Gasteiger partial charge in [-0.05, 0) is 111 Å². The molecule has 9 aromatic rings. The van der Waals surface area contributed by atoms with E-state index >= 15 is 0 Å². The summed E-state index contributed by atoms with van der Waals surface area (Å²) in [6.07, 6.45) is 9.89. The Balaban J connectivity index is 1.11. The maximum absolute atomic E-state index is 5.15. The largest absolute Gasteiger partial charge is 0.311 e. The summed E-state index contributed by atoms with van der Waals surface area (Å²) in [6.45, 7) is 0. The molecule has 0 N–H and O–H groups in total. The Kier molecular flexibility index (Phi) is 9.01. The smallest absolute Gasteiger partial charge is 0.164 e. The topological polar surface area (TPSA) is 41.9 Å². The maximum atomic E-state index is 5.15. The van der Waals surface area contributed by atoms with Crippen molar-refractivity contribution in [2.75, 3.05) is 4.90 Å². The van der Waals surface area contributed by atoms with Gasteiger partial charge >= 0.3 is 0 Å². The number of allylic oxidation sites excluding steroid dienone is 3. The Morgan fingerprint density at radius 3 is 1.62 bits per heavy atom. The third-order valence-electron chi connectivity index (χ3n) is 11.8. The number of aromatic nitrogens is 3. The summed E-state index contributed by atoms with van der Waals surface area (Å²) in [5, 5.41) is 2.24. The van der Waals surface area contributed by atoms with Gasteiger partial charge in [-0.25, -0.2) is 15.0 Å². The van der Waals surface area contributed by atoms with Crippen molar-refractivity contribution in [3.05, 3.63) is 223 Å². The molecule has 60 heavy (non-hydrogen) atoms.